The van der Waals surface area contributed by atoms with Crippen molar-refractivity contribution in [3.05, 3.63) is 34.7 Å². The van der Waals surface area contributed by atoms with Crippen LogP contribution in [0.3, 0.4) is 0 Å². The molecule has 3 rings (SSSR count). The maximum Gasteiger partial charge on any atom is 0.407 e. The summed E-state index contributed by atoms with van der Waals surface area (Å²) in [6, 6.07) is 7.65. The van der Waals surface area contributed by atoms with Gasteiger partial charge >= 0.3 is 11.8 Å². The zero-order valence-electron chi connectivity index (χ0n) is 10.6. The lowest BCUT2D eigenvalue weighted by atomic mass is 10.3. The first-order valence-corrected chi connectivity index (χ1v) is 6.33. The third kappa shape index (κ3) is 1.89. The molecule has 1 aliphatic heterocycles. The summed E-state index contributed by atoms with van der Waals surface area (Å²) >= 11 is 0. The van der Waals surface area contributed by atoms with Crippen molar-refractivity contribution in [1.29, 1.82) is 0 Å². The van der Waals surface area contributed by atoms with E-state index < -0.39 is 6.09 Å². The topological polar surface area (TPSA) is 65.3 Å². The molecular weight excluding hydrogens is 246 g/mol. The number of nitrogens with one attached hydrogen (secondary N) is 1. The summed E-state index contributed by atoms with van der Waals surface area (Å²) in [6.07, 6.45) is -0.710. The fourth-order valence-electron chi connectivity index (χ4n) is 2.49. The second-order valence-corrected chi connectivity index (χ2v) is 4.53. The molecule has 1 aromatic heterocycles. The number of ether oxygens (including phenoxy) is 1. The number of amides is 1. The van der Waals surface area contributed by atoms with Crippen molar-refractivity contribution in [1.82, 2.24) is 14.5 Å². The van der Waals surface area contributed by atoms with Crippen molar-refractivity contribution in [2.75, 3.05) is 6.54 Å². The van der Waals surface area contributed by atoms with Crippen LogP contribution in [0.4, 0.5) is 4.79 Å². The van der Waals surface area contributed by atoms with Crippen LogP contribution in [0.15, 0.2) is 29.1 Å². The predicted octanol–water partition coefficient (Wildman–Crippen LogP) is 0.931. The van der Waals surface area contributed by atoms with E-state index in [1.165, 1.54) is 0 Å². The number of imidazole rings is 1. The molecular formula is C13H15N3O3. The quantitative estimate of drug-likeness (QED) is 0.894. The van der Waals surface area contributed by atoms with Gasteiger partial charge in [0.05, 0.1) is 24.1 Å². The van der Waals surface area contributed by atoms with Gasteiger partial charge in [-0.1, -0.05) is 12.1 Å². The van der Waals surface area contributed by atoms with E-state index >= 15 is 0 Å². The Hall–Kier alpha value is -2.24. The lowest BCUT2D eigenvalue weighted by Gasteiger charge is -2.08. The molecule has 1 saturated heterocycles. The minimum Gasteiger partial charge on any atom is -0.442 e. The van der Waals surface area contributed by atoms with Gasteiger partial charge in [0.15, 0.2) is 0 Å². The summed E-state index contributed by atoms with van der Waals surface area (Å²) in [5, 5.41) is 2.59. The summed E-state index contributed by atoms with van der Waals surface area (Å²) < 4.78 is 8.49. The molecule has 2 aromatic rings. The van der Waals surface area contributed by atoms with Crippen molar-refractivity contribution < 1.29 is 9.53 Å². The molecule has 0 spiro atoms. The number of hydrogen-bond acceptors (Lipinski definition) is 3. The Bertz CT molecular complexity index is 686. The minimum absolute atomic E-state index is 0.0633. The van der Waals surface area contributed by atoms with Crippen LogP contribution in [0.5, 0.6) is 0 Å². The second kappa shape index (κ2) is 4.46. The largest absolute Gasteiger partial charge is 0.442 e. The third-order valence-corrected chi connectivity index (χ3v) is 3.38. The van der Waals surface area contributed by atoms with Gasteiger partial charge < -0.3 is 10.1 Å². The molecule has 1 aromatic carbocycles. The van der Waals surface area contributed by atoms with Crippen molar-refractivity contribution in [3.63, 3.8) is 0 Å². The summed E-state index contributed by atoms with van der Waals surface area (Å²) in [5.41, 5.74) is 1.72. The zero-order chi connectivity index (χ0) is 13.4. The van der Waals surface area contributed by atoms with Gasteiger partial charge in [-0.2, -0.15) is 0 Å². The summed E-state index contributed by atoms with van der Waals surface area (Å²) in [6.45, 7) is 3.38. The average Bonchev–Trinajstić information content (AvgIpc) is 2.93. The molecule has 1 unspecified atom stereocenters. The highest BCUT2D eigenvalue weighted by Crippen LogP contribution is 2.14. The fraction of sp³-hybridized carbons (Fsp3) is 0.385. The Morgan fingerprint density at radius 2 is 1.95 bits per heavy atom. The first kappa shape index (κ1) is 11.8. The first-order chi connectivity index (χ1) is 9.20. The van der Waals surface area contributed by atoms with E-state index in [0.29, 0.717) is 19.6 Å². The number of alkyl carbamates (subject to hydrolysis) is 1. The van der Waals surface area contributed by atoms with E-state index in [4.69, 9.17) is 4.74 Å². The van der Waals surface area contributed by atoms with Gasteiger partial charge in [-0.15, -0.1) is 0 Å². The summed E-state index contributed by atoms with van der Waals surface area (Å²) in [7, 11) is 0. The smallest absolute Gasteiger partial charge is 0.407 e. The number of para-hydroxylation sites is 2. The maximum absolute atomic E-state index is 12.4. The monoisotopic (exact) mass is 261 g/mol. The molecule has 6 nitrogen and oxygen atoms in total. The second-order valence-electron chi connectivity index (χ2n) is 4.53. The van der Waals surface area contributed by atoms with Crippen molar-refractivity contribution in [3.8, 4) is 0 Å². The fourth-order valence-corrected chi connectivity index (χ4v) is 2.49. The minimum atomic E-state index is -0.419. The third-order valence-electron chi connectivity index (χ3n) is 3.38. The molecule has 1 N–H and O–H groups in total. The van der Waals surface area contributed by atoms with Crippen LogP contribution in [0.2, 0.25) is 0 Å². The number of benzene rings is 1. The highest BCUT2D eigenvalue weighted by atomic mass is 16.6. The highest BCUT2D eigenvalue weighted by molar-refractivity contribution is 5.76. The van der Waals surface area contributed by atoms with Gasteiger partial charge in [-0.3, -0.25) is 9.13 Å². The van der Waals surface area contributed by atoms with Gasteiger partial charge in [0.1, 0.15) is 6.10 Å². The van der Waals surface area contributed by atoms with Crippen molar-refractivity contribution >= 4 is 17.1 Å². The SMILES string of the molecule is CCn1c(=O)n(CC2CNC(=O)O2)c2ccccc21. The van der Waals surface area contributed by atoms with E-state index in [-0.39, 0.29) is 11.8 Å². The Kier molecular flexibility index (Phi) is 2.77. The predicted molar refractivity (Wildman–Crippen MR) is 70.1 cm³/mol. The number of aryl methyl sites for hydroxylation is 1. The first-order valence-electron chi connectivity index (χ1n) is 6.33. The number of rotatable bonds is 3. The van der Waals surface area contributed by atoms with E-state index in [2.05, 4.69) is 5.32 Å². The molecule has 19 heavy (non-hydrogen) atoms. The van der Waals surface area contributed by atoms with Gasteiger partial charge in [0, 0.05) is 6.54 Å². The van der Waals surface area contributed by atoms with Crippen LogP contribution in [0, 0.1) is 0 Å². The number of nitrogens with zero attached hydrogens (tertiary/aromatic N) is 2. The van der Waals surface area contributed by atoms with E-state index in [9.17, 15) is 9.59 Å². The molecule has 0 saturated carbocycles. The van der Waals surface area contributed by atoms with Crippen LogP contribution in [-0.4, -0.2) is 27.9 Å². The summed E-state index contributed by atoms with van der Waals surface area (Å²) in [5.74, 6) is 0. The van der Waals surface area contributed by atoms with Crippen LogP contribution in [0.1, 0.15) is 6.92 Å². The van der Waals surface area contributed by atoms with E-state index in [0.717, 1.165) is 11.0 Å². The molecule has 1 amide bonds. The van der Waals surface area contributed by atoms with Crippen LogP contribution >= 0.6 is 0 Å². The zero-order valence-corrected chi connectivity index (χ0v) is 10.6. The maximum atomic E-state index is 12.4. The molecule has 1 atom stereocenters. The number of aromatic nitrogens is 2. The standard InChI is InChI=1S/C13H15N3O3/c1-2-15-10-5-3-4-6-11(10)16(13(15)18)8-9-7-14-12(17)19-9/h3-6,9H,2,7-8H2,1H3,(H,14,17). The Morgan fingerprint density at radius 1 is 1.26 bits per heavy atom. The lowest BCUT2D eigenvalue weighted by molar-refractivity contribution is 0.131. The van der Waals surface area contributed by atoms with Gasteiger partial charge in [-0.25, -0.2) is 9.59 Å². The normalized spacial score (nSPS) is 18.6. The van der Waals surface area contributed by atoms with E-state index in [1.807, 2.05) is 31.2 Å². The Balaban J connectivity index is 2.05. The molecule has 0 bridgehead atoms. The van der Waals surface area contributed by atoms with Gasteiger partial charge in [-0.05, 0) is 19.1 Å². The molecule has 1 fully saturated rings. The number of carbonyl (C=O) groups excluding carboxylic acids is 1. The number of carbonyl (C=O) groups is 1. The Labute approximate surface area is 109 Å². The van der Waals surface area contributed by atoms with Gasteiger partial charge in [0.2, 0.25) is 0 Å². The molecule has 2 heterocycles. The molecule has 0 aliphatic carbocycles. The van der Waals surface area contributed by atoms with Crippen LogP contribution in [-0.2, 0) is 17.8 Å². The summed E-state index contributed by atoms with van der Waals surface area (Å²) in [4.78, 5) is 23.4. The lowest BCUT2D eigenvalue weighted by Crippen LogP contribution is -2.30. The average molecular weight is 261 g/mol. The van der Waals surface area contributed by atoms with Crippen LogP contribution < -0.4 is 11.0 Å². The van der Waals surface area contributed by atoms with Crippen molar-refractivity contribution in [2.45, 2.75) is 26.1 Å². The van der Waals surface area contributed by atoms with Crippen LogP contribution in [0.25, 0.3) is 11.0 Å². The van der Waals surface area contributed by atoms with Gasteiger partial charge in [0.25, 0.3) is 0 Å². The number of fused-ring (bicyclic) bond motifs is 1. The molecule has 1 aliphatic rings. The molecule has 6 heteroatoms. The molecule has 0 radical (unpaired) electrons. The number of cyclic esters (lactones) is 1. The highest BCUT2D eigenvalue weighted by Gasteiger charge is 2.24. The van der Waals surface area contributed by atoms with Crippen molar-refractivity contribution in [2.24, 2.45) is 0 Å². The Morgan fingerprint density at radius 3 is 2.53 bits per heavy atom. The van der Waals surface area contributed by atoms with E-state index in [1.54, 1.807) is 9.13 Å². The number of hydrogen-bond donors (Lipinski definition) is 1. The molecule has 100 valence electrons.